The van der Waals surface area contributed by atoms with E-state index in [1.165, 1.54) is 12.1 Å². The molecule has 0 aliphatic carbocycles. The van der Waals surface area contributed by atoms with Gasteiger partial charge < -0.3 is 14.5 Å². The van der Waals surface area contributed by atoms with Crippen LogP contribution in [0.1, 0.15) is 31.3 Å². The Bertz CT molecular complexity index is 827. The number of benzene rings is 1. The van der Waals surface area contributed by atoms with E-state index in [-0.39, 0.29) is 28.7 Å². The zero-order valence-corrected chi connectivity index (χ0v) is 14.3. The summed E-state index contributed by atoms with van der Waals surface area (Å²) in [6, 6.07) is 5.48. The molecule has 0 bridgehead atoms. The van der Waals surface area contributed by atoms with Crippen molar-refractivity contribution in [3.05, 3.63) is 45.3 Å². The summed E-state index contributed by atoms with van der Waals surface area (Å²) in [5.74, 6) is -1.30. The molecule has 2 rings (SSSR count). The topological polar surface area (TPSA) is 85.6 Å². The highest BCUT2D eigenvalue weighted by molar-refractivity contribution is 6.31. The van der Waals surface area contributed by atoms with Crippen LogP contribution in [0.2, 0.25) is 5.02 Å². The van der Waals surface area contributed by atoms with E-state index in [1.54, 1.807) is 6.07 Å². The molecular weight excluding hydrogens is 334 g/mol. The van der Waals surface area contributed by atoms with Crippen LogP contribution in [0.3, 0.4) is 0 Å². The van der Waals surface area contributed by atoms with E-state index in [9.17, 15) is 14.4 Å². The highest BCUT2D eigenvalue weighted by Gasteiger charge is 2.17. The second-order valence-corrected chi connectivity index (χ2v) is 6.23. The zero-order chi connectivity index (χ0) is 17.9. The van der Waals surface area contributed by atoms with Crippen molar-refractivity contribution in [1.29, 1.82) is 0 Å². The first kappa shape index (κ1) is 18.0. The normalized spacial score (nSPS) is 12.2. The van der Waals surface area contributed by atoms with Gasteiger partial charge in [-0.05, 0) is 31.0 Å². The first-order chi connectivity index (χ1) is 11.3. The van der Waals surface area contributed by atoms with Crippen molar-refractivity contribution in [2.24, 2.45) is 5.92 Å². The number of ether oxygens (including phenoxy) is 1. The molecule has 24 heavy (non-hydrogen) atoms. The van der Waals surface area contributed by atoms with Gasteiger partial charge in [-0.15, -0.1) is 0 Å². The lowest BCUT2D eigenvalue weighted by atomic mass is 10.1. The standard InChI is InChI=1S/C17H18ClNO5/c1-9(2)10(3)19-16(21)8-23-17(22)15-7-13(20)12-6-11(18)4-5-14(12)24-15/h4-7,9-10H,8H2,1-3H3,(H,19,21)/t10-/m0/s1. The van der Waals surface area contributed by atoms with Crippen LogP contribution in [0.5, 0.6) is 0 Å². The number of carbonyl (C=O) groups is 2. The van der Waals surface area contributed by atoms with Gasteiger partial charge in [-0.1, -0.05) is 25.4 Å². The number of hydrogen-bond acceptors (Lipinski definition) is 5. The maximum absolute atomic E-state index is 12.0. The van der Waals surface area contributed by atoms with Gasteiger partial charge in [0.25, 0.3) is 5.91 Å². The molecule has 0 saturated carbocycles. The van der Waals surface area contributed by atoms with E-state index in [0.29, 0.717) is 5.02 Å². The molecule has 1 N–H and O–H groups in total. The highest BCUT2D eigenvalue weighted by Crippen LogP contribution is 2.18. The van der Waals surface area contributed by atoms with Crippen molar-refractivity contribution in [3.63, 3.8) is 0 Å². The van der Waals surface area contributed by atoms with Crippen molar-refractivity contribution in [2.45, 2.75) is 26.8 Å². The van der Waals surface area contributed by atoms with Crippen LogP contribution in [0.15, 0.2) is 33.5 Å². The summed E-state index contributed by atoms with van der Waals surface area (Å²) in [5, 5.41) is 3.37. The Labute approximate surface area is 143 Å². The minimum Gasteiger partial charge on any atom is -0.450 e. The summed E-state index contributed by atoms with van der Waals surface area (Å²) in [5.41, 5.74) is -0.194. The van der Waals surface area contributed by atoms with Crippen molar-refractivity contribution in [3.8, 4) is 0 Å². The lowest BCUT2D eigenvalue weighted by molar-refractivity contribution is -0.125. The summed E-state index contributed by atoms with van der Waals surface area (Å²) in [6.45, 7) is 5.34. The fraction of sp³-hybridized carbons (Fsp3) is 0.353. The third kappa shape index (κ3) is 4.35. The van der Waals surface area contributed by atoms with E-state index in [2.05, 4.69) is 5.32 Å². The first-order valence-electron chi connectivity index (χ1n) is 7.48. The van der Waals surface area contributed by atoms with Gasteiger partial charge in [0, 0.05) is 17.1 Å². The van der Waals surface area contributed by atoms with Crippen LogP contribution in [0.4, 0.5) is 0 Å². The van der Waals surface area contributed by atoms with Crippen molar-refractivity contribution < 1.29 is 18.7 Å². The third-order valence-corrected chi connectivity index (χ3v) is 3.85. The Morgan fingerprint density at radius 1 is 1.25 bits per heavy atom. The van der Waals surface area contributed by atoms with Crippen LogP contribution < -0.4 is 10.7 Å². The van der Waals surface area contributed by atoms with Gasteiger partial charge in [0.05, 0.1) is 5.39 Å². The predicted octanol–water partition coefficient (Wildman–Crippen LogP) is 2.76. The zero-order valence-electron chi connectivity index (χ0n) is 13.6. The Morgan fingerprint density at radius 2 is 1.96 bits per heavy atom. The number of amides is 1. The molecule has 0 aliphatic rings. The quantitative estimate of drug-likeness (QED) is 0.837. The number of fused-ring (bicyclic) bond motifs is 1. The summed E-state index contributed by atoms with van der Waals surface area (Å²) < 4.78 is 10.2. The Kier molecular flexibility index (Phi) is 5.62. The smallest absolute Gasteiger partial charge is 0.374 e. The Hall–Kier alpha value is -2.34. The predicted molar refractivity (Wildman–Crippen MR) is 90.2 cm³/mol. The van der Waals surface area contributed by atoms with E-state index in [0.717, 1.165) is 6.07 Å². The molecule has 0 aliphatic heterocycles. The number of nitrogens with one attached hydrogen (secondary N) is 1. The lowest BCUT2D eigenvalue weighted by Crippen LogP contribution is -2.38. The van der Waals surface area contributed by atoms with Gasteiger partial charge in [-0.3, -0.25) is 9.59 Å². The van der Waals surface area contributed by atoms with Crippen LogP contribution >= 0.6 is 11.6 Å². The average Bonchev–Trinajstić information content (AvgIpc) is 2.52. The van der Waals surface area contributed by atoms with Gasteiger partial charge in [0.2, 0.25) is 5.76 Å². The summed E-state index contributed by atoms with van der Waals surface area (Å²) >= 11 is 5.82. The van der Waals surface area contributed by atoms with E-state index >= 15 is 0 Å². The average molecular weight is 352 g/mol. The first-order valence-corrected chi connectivity index (χ1v) is 7.85. The van der Waals surface area contributed by atoms with Gasteiger partial charge in [-0.2, -0.15) is 0 Å². The van der Waals surface area contributed by atoms with Crippen LogP contribution in [0.25, 0.3) is 11.0 Å². The number of rotatable bonds is 5. The molecule has 1 heterocycles. The lowest BCUT2D eigenvalue weighted by Gasteiger charge is -2.17. The molecule has 0 fully saturated rings. The fourth-order valence-corrected chi connectivity index (χ4v) is 2.07. The van der Waals surface area contributed by atoms with Crippen molar-refractivity contribution in [2.75, 3.05) is 6.61 Å². The van der Waals surface area contributed by atoms with Crippen molar-refractivity contribution in [1.82, 2.24) is 5.32 Å². The number of carbonyl (C=O) groups excluding carboxylic acids is 2. The molecule has 1 amide bonds. The molecule has 1 atom stereocenters. The summed E-state index contributed by atoms with van der Waals surface area (Å²) in [7, 11) is 0. The maximum Gasteiger partial charge on any atom is 0.374 e. The molecular formula is C17H18ClNO5. The van der Waals surface area contributed by atoms with Gasteiger partial charge >= 0.3 is 5.97 Å². The molecule has 0 spiro atoms. The second-order valence-electron chi connectivity index (χ2n) is 5.79. The van der Waals surface area contributed by atoms with E-state index < -0.39 is 23.9 Å². The van der Waals surface area contributed by atoms with Gasteiger partial charge in [-0.25, -0.2) is 4.79 Å². The molecule has 2 aromatic rings. The minimum absolute atomic E-state index is 0.0421. The van der Waals surface area contributed by atoms with Crippen LogP contribution in [0, 0.1) is 5.92 Å². The van der Waals surface area contributed by atoms with Crippen LogP contribution in [-0.2, 0) is 9.53 Å². The molecule has 0 unspecified atom stereocenters. The molecule has 7 heteroatoms. The van der Waals surface area contributed by atoms with Crippen molar-refractivity contribution >= 4 is 34.4 Å². The summed E-state index contributed by atoms with van der Waals surface area (Å²) in [6.07, 6.45) is 0. The fourth-order valence-electron chi connectivity index (χ4n) is 1.89. The van der Waals surface area contributed by atoms with Crippen LogP contribution in [-0.4, -0.2) is 24.5 Å². The van der Waals surface area contributed by atoms with E-state index in [4.69, 9.17) is 20.8 Å². The number of esters is 1. The molecule has 128 valence electrons. The molecule has 0 radical (unpaired) electrons. The van der Waals surface area contributed by atoms with E-state index in [1.807, 2.05) is 20.8 Å². The monoisotopic (exact) mass is 351 g/mol. The summed E-state index contributed by atoms with van der Waals surface area (Å²) in [4.78, 5) is 35.7. The number of halogens is 1. The van der Waals surface area contributed by atoms with Gasteiger partial charge in [0.15, 0.2) is 12.0 Å². The second kappa shape index (κ2) is 7.49. The molecule has 1 aromatic heterocycles. The van der Waals surface area contributed by atoms with Gasteiger partial charge in [0.1, 0.15) is 5.58 Å². The Balaban J connectivity index is 2.08. The maximum atomic E-state index is 12.0. The molecule has 0 saturated heterocycles. The SMILES string of the molecule is CC(C)[C@H](C)NC(=O)COC(=O)c1cc(=O)c2cc(Cl)ccc2o1. The molecule has 1 aromatic carbocycles. The Morgan fingerprint density at radius 3 is 2.62 bits per heavy atom. The minimum atomic E-state index is -0.878. The largest absolute Gasteiger partial charge is 0.450 e. The number of hydrogen-bond donors (Lipinski definition) is 1. The molecule has 6 nitrogen and oxygen atoms in total. The third-order valence-electron chi connectivity index (χ3n) is 3.61. The highest BCUT2D eigenvalue weighted by atomic mass is 35.5.